The van der Waals surface area contributed by atoms with Crippen molar-refractivity contribution in [3.8, 4) is 0 Å². The summed E-state index contributed by atoms with van der Waals surface area (Å²) in [5, 5.41) is 8.23. The van der Waals surface area contributed by atoms with Crippen molar-refractivity contribution < 1.29 is 0 Å². The van der Waals surface area contributed by atoms with Crippen molar-refractivity contribution in [2.75, 3.05) is 0 Å². The van der Waals surface area contributed by atoms with E-state index >= 15 is 0 Å². The van der Waals surface area contributed by atoms with Crippen LogP contribution < -0.4 is 0 Å². The van der Waals surface area contributed by atoms with Crippen LogP contribution in [0.3, 0.4) is 0 Å². The molecule has 0 aliphatic heterocycles. The van der Waals surface area contributed by atoms with Crippen LogP contribution in [-0.2, 0) is 7.05 Å². The van der Waals surface area contributed by atoms with Gasteiger partial charge in [-0.2, -0.15) is 0 Å². The minimum absolute atomic E-state index is 0.838. The molecular formula is C4H6N3S. The van der Waals surface area contributed by atoms with Crippen LogP contribution in [0.15, 0.2) is 11.5 Å². The molecule has 0 saturated heterocycles. The second-order valence-electron chi connectivity index (χ2n) is 1.37. The summed E-state index contributed by atoms with van der Waals surface area (Å²) >= 11 is 1.34. The number of aromatic nitrogens is 3. The van der Waals surface area contributed by atoms with E-state index in [0.29, 0.717) is 0 Å². The van der Waals surface area contributed by atoms with Crippen LogP contribution in [0.5, 0.6) is 0 Å². The van der Waals surface area contributed by atoms with Crippen molar-refractivity contribution in [3.63, 3.8) is 0 Å². The van der Waals surface area contributed by atoms with Crippen LogP contribution in [0.2, 0.25) is 0 Å². The van der Waals surface area contributed by atoms with Crippen molar-refractivity contribution in [2.24, 2.45) is 7.05 Å². The quantitative estimate of drug-likeness (QED) is 0.521. The zero-order valence-electron chi connectivity index (χ0n) is 4.53. The fourth-order valence-electron chi connectivity index (χ4n) is 0.403. The number of rotatable bonds is 1. The highest BCUT2D eigenvalue weighted by Crippen LogP contribution is 2.08. The highest BCUT2D eigenvalue weighted by Gasteiger charge is 1.93. The van der Waals surface area contributed by atoms with Crippen molar-refractivity contribution in [1.29, 1.82) is 0 Å². The third-order valence-electron chi connectivity index (χ3n) is 0.799. The van der Waals surface area contributed by atoms with Crippen LogP contribution >= 0.6 is 11.8 Å². The summed E-state index contributed by atoms with van der Waals surface area (Å²) in [4.78, 5) is 0. The zero-order valence-corrected chi connectivity index (χ0v) is 5.35. The fourth-order valence-corrected chi connectivity index (χ4v) is 0.759. The maximum Gasteiger partial charge on any atom is 0.190 e. The Labute approximate surface area is 52.1 Å². The van der Waals surface area contributed by atoms with E-state index in [2.05, 4.69) is 16.5 Å². The highest BCUT2D eigenvalue weighted by atomic mass is 32.2. The van der Waals surface area contributed by atoms with Crippen molar-refractivity contribution >= 4 is 11.8 Å². The fraction of sp³-hybridized carbons (Fsp3) is 0.250. The van der Waals surface area contributed by atoms with Crippen LogP contribution in [0.4, 0.5) is 0 Å². The molecule has 0 fully saturated rings. The van der Waals surface area contributed by atoms with Gasteiger partial charge in [-0.15, -0.1) is 10.2 Å². The Hall–Kier alpha value is -0.510. The Kier molecular flexibility index (Phi) is 1.53. The number of hydrogen-bond acceptors (Lipinski definition) is 3. The number of thioether (sulfide) groups is 1. The molecule has 8 heavy (non-hydrogen) atoms. The number of nitrogens with zero attached hydrogens (tertiary/aromatic N) is 3. The lowest BCUT2D eigenvalue weighted by Crippen LogP contribution is -1.85. The van der Waals surface area contributed by atoms with Gasteiger partial charge in [-0.3, -0.25) is 0 Å². The Bertz CT molecular complexity index is 172. The average Bonchev–Trinajstić information content (AvgIpc) is 2.14. The van der Waals surface area contributed by atoms with Gasteiger partial charge < -0.3 is 4.57 Å². The van der Waals surface area contributed by atoms with Gasteiger partial charge in [-0.1, -0.05) is 11.8 Å². The van der Waals surface area contributed by atoms with Crippen LogP contribution in [-0.4, -0.2) is 14.8 Å². The van der Waals surface area contributed by atoms with Gasteiger partial charge in [-0.25, -0.2) is 0 Å². The van der Waals surface area contributed by atoms with Crippen molar-refractivity contribution in [2.45, 2.75) is 5.16 Å². The Balaban J connectivity index is 2.92. The van der Waals surface area contributed by atoms with Crippen molar-refractivity contribution in [1.82, 2.24) is 14.8 Å². The Morgan fingerprint density at radius 2 is 2.62 bits per heavy atom. The predicted octanol–water partition coefficient (Wildman–Crippen LogP) is 0.699. The zero-order chi connectivity index (χ0) is 5.98. The number of hydrogen-bond donors (Lipinski definition) is 0. The third-order valence-corrected chi connectivity index (χ3v) is 1.43. The average molecular weight is 128 g/mol. The van der Waals surface area contributed by atoms with E-state index in [9.17, 15) is 0 Å². The lowest BCUT2D eigenvalue weighted by atomic mass is 11.1. The second kappa shape index (κ2) is 2.17. The van der Waals surface area contributed by atoms with Gasteiger partial charge in [0.25, 0.3) is 0 Å². The SMILES string of the molecule is [CH2]Sc1nncn1C. The molecule has 43 valence electrons. The van der Waals surface area contributed by atoms with Gasteiger partial charge in [0.15, 0.2) is 5.16 Å². The van der Waals surface area contributed by atoms with Crippen LogP contribution in [0.25, 0.3) is 0 Å². The molecule has 0 aromatic carbocycles. The molecule has 0 unspecified atom stereocenters. The molecule has 1 heterocycles. The van der Waals surface area contributed by atoms with Gasteiger partial charge in [0.05, 0.1) is 0 Å². The molecule has 0 aliphatic carbocycles. The minimum atomic E-state index is 0.838. The molecule has 0 saturated carbocycles. The topological polar surface area (TPSA) is 30.7 Å². The molecule has 0 amide bonds. The predicted molar refractivity (Wildman–Crippen MR) is 32.2 cm³/mol. The number of aryl methyl sites for hydroxylation is 1. The monoisotopic (exact) mass is 128 g/mol. The normalized spacial score (nSPS) is 9.75. The van der Waals surface area contributed by atoms with Gasteiger partial charge in [-0.05, 0) is 0 Å². The molecule has 1 aromatic rings. The first kappa shape index (κ1) is 5.62. The standard InChI is InChI=1S/C4H6N3S/c1-7-3-5-6-4(7)8-2/h3H,2H2,1H3. The summed E-state index contributed by atoms with van der Waals surface area (Å²) in [5.41, 5.74) is 0. The summed E-state index contributed by atoms with van der Waals surface area (Å²) in [6.07, 6.45) is 5.23. The summed E-state index contributed by atoms with van der Waals surface area (Å²) in [7, 11) is 1.88. The van der Waals surface area contributed by atoms with E-state index in [1.807, 2.05) is 11.6 Å². The van der Waals surface area contributed by atoms with E-state index in [-0.39, 0.29) is 0 Å². The summed E-state index contributed by atoms with van der Waals surface area (Å²) in [5.74, 6) is 0. The molecule has 1 rings (SSSR count). The molecule has 0 atom stereocenters. The van der Waals surface area contributed by atoms with Gasteiger partial charge in [0.1, 0.15) is 6.33 Å². The van der Waals surface area contributed by atoms with Crippen molar-refractivity contribution in [3.05, 3.63) is 12.6 Å². The Morgan fingerprint density at radius 1 is 1.88 bits per heavy atom. The van der Waals surface area contributed by atoms with Crippen LogP contribution in [0.1, 0.15) is 0 Å². The molecule has 0 spiro atoms. The smallest absolute Gasteiger partial charge is 0.190 e. The van der Waals surface area contributed by atoms with Gasteiger partial charge >= 0.3 is 0 Å². The second-order valence-corrected chi connectivity index (χ2v) is 2.02. The molecular weight excluding hydrogens is 122 g/mol. The molecule has 4 heteroatoms. The largest absolute Gasteiger partial charge is 0.312 e. The lowest BCUT2D eigenvalue weighted by molar-refractivity contribution is 0.791. The van der Waals surface area contributed by atoms with Gasteiger partial charge in [0, 0.05) is 13.3 Å². The maximum atomic E-state index is 3.75. The minimum Gasteiger partial charge on any atom is -0.312 e. The molecule has 3 nitrogen and oxygen atoms in total. The highest BCUT2D eigenvalue weighted by molar-refractivity contribution is 8.00. The first-order valence-corrected chi connectivity index (χ1v) is 3.09. The van der Waals surface area contributed by atoms with E-state index in [4.69, 9.17) is 0 Å². The van der Waals surface area contributed by atoms with E-state index in [1.54, 1.807) is 6.33 Å². The van der Waals surface area contributed by atoms with Gasteiger partial charge in [0.2, 0.25) is 0 Å². The van der Waals surface area contributed by atoms with E-state index in [0.717, 1.165) is 5.16 Å². The summed E-state index contributed by atoms with van der Waals surface area (Å²) in [6, 6.07) is 0. The molecule has 0 aliphatic rings. The first-order chi connectivity index (χ1) is 3.84. The van der Waals surface area contributed by atoms with E-state index in [1.165, 1.54) is 11.8 Å². The Morgan fingerprint density at radius 3 is 2.88 bits per heavy atom. The van der Waals surface area contributed by atoms with E-state index < -0.39 is 0 Å². The maximum absolute atomic E-state index is 3.75. The van der Waals surface area contributed by atoms with Crippen LogP contribution in [0, 0.1) is 6.26 Å². The first-order valence-electron chi connectivity index (χ1n) is 2.10. The molecule has 0 bridgehead atoms. The third kappa shape index (κ3) is 0.838. The summed E-state index contributed by atoms with van der Waals surface area (Å²) in [6.45, 7) is 0. The summed E-state index contributed by atoms with van der Waals surface area (Å²) < 4.78 is 1.82. The molecule has 0 N–H and O–H groups in total. The molecule has 1 radical (unpaired) electrons. The molecule has 1 aromatic heterocycles. The lowest BCUT2D eigenvalue weighted by Gasteiger charge is -1.89.